The van der Waals surface area contributed by atoms with Gasteiger partial charge in [0.15, 0.2) is 0 Å². The van der Waals surface area contributed by atoms with E-state index in [1.165, 1.54) is 0 Å². The van der Waals surface area contributed by atoms with Crippen LogP contribution in [0.4, 0.5) is 0 Å². The summed E-state index contributed by atoms with van der Waals surface area (Å²) in [6, 6.07) is 15.0. The van der Waals surface area contributed by atoms with Gasteiger partial charge in [0, 0.05) is 28.3 Å². The Kier molecular flexibility index (Phi) is 10.8. The van der Waals surface area contributed by atoms with Gasteiger partial charge in [-0.1, -0.05) is 65.6 Å². The van der Waals surface area contributed by atoms with Crippen LogP contribution in [0.5, 0.6) is 0 Å². The van der Waals surface area contributed by atoms with E-state index in [0.717, 1.165) is 27.8 Å². The van der Waals surface area contributed by atoms with Crippen molar-refractivity contribution in [2.24, 2.45) is 0 Å². The maximum absolute atomic E-state index is 13.1. The van der Waals surface area contributed by atoms with Gasteiger partial charge in [0.2, 0.25) is 11.8 Å². The average Bonchev–Trinajstić information content (AvgIpc) is 2.74. The van der Waals surface area contributed by atoms with E-state index in [1.807, 2.05) is 50.2 Å². The fraction of sp³-hybridized carbons (Fsp3) is 0.391. The van der Waals surface area contributed by atoms with Crippen molar-refractivity contribution >= 4 is 51.1 Å². The predicted molar refractivity (Wildman–Crippen MR) is 130 cm³/mol. The molecule has 4 nitrogen and oxygen atoms in total. The molecule has 30 heavy (non-hydrogen) atoms. The molecule has 2 aromatic carbocycles. The molecule has 1 unspecified atom stereocenters. The molecule has 1 N–H and O–H groups in total. The molecule has 0 aliphatic heterocycles. The molecule has 2 aromatic rings. The van der Waals surface area contributed by atoms with Gasteiger partial charge in [-0.2, -0.15) is 0 Å². The van der Waals surface area contributed by atoms with Crippen molar-refractivity contribution in [3.8, 4) is 0 Å². The van der Waals surface area contributed by atoms with Crippen molar-refractivity contribution in [1.29, 1.82) is 0 Å². The quantitative estimate of drug-likeness (QED) is 0.423. The van der Waals surface area contributed by atoms with Gasteiger partial charge in [0.05, 0.1) is 5.75 Å². The molecule has 0 heterocycles. The van der Waals surface area contributed by atoms with Crippen molar-refractivity contribution in [3.63, 3.8) is 0 Å². The van der Waals surface area contributed by atoms with Crippen molar-refractivity contribution in [1.82, 2.24) is 10.2 Å². The zero-order valence-corrected chi connectivity index (χ0v) is 20.5. The Hall–Kier alpha value is -1.50. The summed E-state index contributed by atoms with van der Waals surface area (Å²) in [5.74, 6) is 0.929. The fourth-order valence-electron chi connectivity index (χ4n) is 2.99. The summed E-state index contributed by atoms with van der Waals surface area (Å²) in [5, 5.41) is 3.58. The van der Waals surface area contributed by atoms with Crippen LogP contribution >= 0.6 is 39.3 Å². The lowest BCUT2D eigenvalue weighted by molar-refractivity contribution is -0.139. The molecular weight excluding hydrogens is 484 g/mol. The molecule has 0 aliphatic rings. The van der Waals surface area contributed by atoms with Gasteiger partial charge in [-0.3, -0.25) is 9.59 Å². The third kappa shape index (κ3) is 7.97. The fourth-order valence-corrected chi connectivity index (χ4v) is 4.25. The maximum Gasteiger partial charge on any atom is 0.242 e. The number of thioether (sulfide) groups is 1. The lowest BCUT2D eigenvalue weighted by Crippen LogP contribution is -2.49. The van der Waals surface area contributed by atoms with Gasteiger partial charge >= 0.3 is 0 Å². The van der Waals surface area contributed by atoms with Crippen molar-refractivity contribution < 1.29 is 9.59 Å². The number of carbonyl (C=O) groups is 2. The maximum atomic E-state index is 13.1. The Balaban J connectivity index is 2.09. The predicted octanol–water partition coefficient (Wildman–Crippen LogP) is 5.67. The van der Waals surface area contributed by atoms with Crippen LogP contribution in [0, 0.1) is 0 Å². The van der Waals surface area contributed by atoms with Crippen molar-refractivity contribution in [3.05, 3.63) is 69.2 Å². The summed E-state index contributed by atoms with van der Waals surface area (Å²) in [5.41, 5.74) is 2.11. The zero-order chi connectivity index (χ0) is 21.9. The van der Waals surface area contributed by atoms with E-state index in [9.17, 15) is 9.59 Å². The van der Waals surface area contributed by atoms with Crippen LogP contribution in [-0.2, 0) is 21.9 Å². The van der Waals surface area contributed by atoms with Crippen LogP contribution in [0.1, 0.15) is 37.8 Å². The number of benzene rings is 2. The SMILES string of the molecule is CCCNC(=O)C(CC)N(Cc1ccc(Cl)cc1)C(=O)CSCc1ccc(Br)cc1. The highest BCUT2D eigenvalue weighted by molar-refractivity contribution is 9.10. The summed E-state index contributed by atoms with van der Waals surface area (Å²) >= 11 is 11.0. The molecule has 0 saturated carbocycles. The minimum absolute atomic E-state index is 0.0365. The molecule has 0 aliphatic carbocycles. The van der Waals surface area contributed by atoms with E-state index in [0.29, 0.717) is 30.3 Å². The highest BCUT2D eigenvalue weighted by atomic mass is 79.9. The Morgan fingerprint density at radius 2 is 1.70 bits per heavy atom. The molecule has 0 bridgehead atoms. The number of rotatable bonds is 11. The Labute approximate surface area is 196 Å². The summed E-state index contributed by atoms with van der Waals surface area (Å²) < 4.78 is 1.03. The summed E-state index contributed by atoms with van der Waals surface area (Å²) in [4.78, 5) is 27.5. The lowest BCUT2D eigenvalue weighted by Gasteiger charge is -2.30. The number of nitrogens with zero attached hydrogens (tertiary/aromatic N) is 1. The molecule has 0 fully saturated rings. The largest absolute Gasteiger partial charge is 0.354 e. The highest BCUT2D eigenvalue weighted by Gasteiger charge is 2.28. The molecule has 0 spiro atoms. The zero-order valence-electron chi connectivity index (χ0n) is 17.4. The van der Waals surface area contributed by atoms with Crippen LogP contribution in [-0.4, -0.2) is 35.1 Å². The van der Waals surface area contributed by atoms with E-state index in [2.05, 4.69) is 21.2 Å². The Bertz CT molecular complexity index is 815. The van der Waals surface area contributed by atoms with Crippen LogP contribution in [0.25, 0.3) is 0 Å². The number of hydrogen-bond acceptors (Lipinski definition) is 3. The average molecular weight is 512 g/mol. The molecule has 7 heteroatoms. The van der Waals surface area contributed by atoms with Gasteiger partial charge in [0.1, 0.15) is 6.04 Å². The van der Waals surface area contributed by atoms with Gasteiger partial charge in [-0.25, -0.2) is 0 Å². The second kappa shape index (κ2) is 13.0. The van der Waals surface area contributed by atoms with Crippen molar-refractivity contribution in [2.75, 3.05) is 12.3 Å². The van der Waals surface area contributed by atoms with Gasteiger partial charge < -0.3 is 10.2 Å². The normalized spacial score (nSPS) is 11.7. The van der Waals surface area contributed by atoms with Gasteiger partial charge in [-0.05, 0) is 48.2 Å². The Morgan fingerprint density at radius 1 is 1.07 bits per heavy atom. The van der Waals surface area contributed by atoms with Crippen molar-refractivity contribution in [2.45, 2.75) is 45.0 Å². The molecule has 1 atom stereocenters. The third-order valence-electron chi connectivity index (χ3n) is 4.61. The van der Waals surface area contributed by atoms with E-state index < -0.39 is 6.04 Å². The third-order valence-corrected chi connectivity index (χ3v) is 6.38. The molecule has 2 amide bonds. The number of carbonyl (C=O) groups excluding carboxylic acids is 2. The molecule has 0 aromatic heterocycles. The summed E-state index contributed by atoms with van der Waals surface area (Å²) in [6.07, 6.45) is 1.42. The Morgan fingerprint density at radius 3 is 2.30 bits per heavy atom. The molecule has 2 rings (SSSR count). The summed E-state index contributed by atoms with van der Waals surface area (Å²) in [6.45, 7) is 4.94. The van der Waals surface area contributed by atoms with Crippen LogP contribution in [0.15, 0.2) is 53.0 Å². The van der Waals surface area contributed by atoms with E-state index in [1.54, 1.807) is 28.8 Å². The second-order valence-corrected chi connectivity index (χ2v) is 9.32. The first-order valence-corrected chi connectivity index (χ1v) is 12.4. The smallest absolute Gasteiger partial charge is 0.242 e. The standard InChI is InChI=1S/C23H28BrClN2O2S/c1-3-13-26-23(29)21(4-2)27(14-17-7-11-20(25)12-8-17)22(28)16-30-15-18-5-9-19(24)10-6-18/h5-12,21H,3-4,13-16H2,1-2H3,(H,26,29). The van der Waals surface area contributed by atoms with Crippen LogP contribution in [0.3, 0.4) is 0 Å². The first-order chi connectivity index (χ1) is 14.4. The molecule has 0 saturated heterocycles. The second-order valence-electron chi connectivity index (χ2n) is 6.98. The first-order valence-electron chi connectivity index (χ1n) is 10.1. The molecular formula is C23H28BrClN2O2S. The lowest BCUT2D eigenvalue weighted by atomic mass is 10.1. The highest BCUT2D eigenvalue weighted by Crippen LogP contribution is 2.19. The van der Waals surface area contributed by atoms with E-state index >= 15 is 0 Å². The summed E-state index contributed by atoms with van der Waals surface area (Å²) in [7, 11) is 0. The molecule has 162 valence electrons. The number of hydrogen-bond donors (Lipinski definition) is 1. The van der Waals surface area contributed by atoms with E-state index in [4.69, 9.17) is 11.6 Å². The monoisotopic (exact) mass is 510 g/mol. The van der Waals surface area contributed by atoms with Gasteiger partial charge in [-0.15, -0.1) is 11.8 Å². The first kappa shape index (κ1) is 24.8. The van der Waals surface area contributed by atoms with Crippen LogP contribution < -0.4 is 5.32 Å². The minimum Gasteiger partial charge on any atom is -0.354 e. The minimum atomic E-state index is -0.493. The topological polar surface area (TPSA) is 49.4 Å². The van der Waals surface area contributed by atoms with Crippen LogP contribution in [0.2, 0.25) is 5.02 Å². The number of amides is 2. The van der Waals surface area contributed by atoms with E-state index in [-0.39, 0.29) is 11.8 Å². The van der Waals surface area contributed by atoms with Gasteiger partial charge in [0.25, 0.3) is 0 Å². The number of halogens is 2. The molecule has 0 radical (unpaired) electrons. The number of nitrogens with one attached hydrogen (secondary N) is 1.